The largest absolute Gasteiger partial charge is 0.456 e. The highest BCUT2D eigenvalue weighted by molar-refractivity contribution is 6.18. The minimum atomic E-state index is 0.658. The lowest BCUT2D eigenvalue weighted by Gasteiger charge is -2.14. The zero-order chi connectivity index (χ0) is 29.5. The molecule has 10 aromatic rings. The predicted octanol–water partition coefficient (Wildman–Crippen LogP) is 10.7. The second kappa shape index (κ2) is 9.15. The lowest BCUT2D eigenvalue weighted by atomic mass is 10.1. The molecule has 0 spiro atoms. The first-order chi connectivity index (χ1) is 22.3. The van der Waals surface area contributed by atoms with E-state index in [1.807, 2.05) is 60.7 Å². The Bertz CT molecular complexity index is 2770. The summed E-state index contributed by atoms with van der Waals surface area (Å²) in [6.07, 6.45) is 0. The molecule has 6 aromatic carbocycles. The maximum absolute atomic E-state index is 6.52. The lowest BCUT2D eigenvalue weighted by Crippen LogP contribution is -2.00. The molecule has 4 heterocycles. The first-order valence-electron chi connectivity index (χ1n) is 15.0. The molecule has 0 atom stereocenters. The van der Waals surface area contributed by atoms with Gasteiger partial charge in [-0.15, -0.1) is 0 Å². The smallest absolute Gasteiger partial charge is 0.180 e. The van der Waals surface area contributed by atoms with Crippen molar-refractivity contribution >= 4 is 65.8 Å². The molecule has 0 fully saturated rings. The van der Waals surface area contributed by atoms with E-state index in [0.717, 1.165) is 72.0 Å². The summed E-state index contributed by atoms with van der Waals surface area (Å²) in [6.45, 7) is 0. The summed E-state index contributed by atoms with van der Waals surface area (Å²) in [6, 6.07) is 47.8. The van der Waals surface area contributed by atoms with Crippen molar-refractivity contribution in [2.45, 2.75) is 0 Å². The Labute approximate surface area is 256 Å². The van der Waals surface area contributed by atoms with Gasteiger partial charge in [-0.25, -0.2) is 9.97 Å². The Morgan fingerprint density at radius 1 is 0.467 bits per heavy atom. The monoisotopic (exact) mass is 577 g/mol. The zero-order valence-corrected chi connectivity index (χ0v) is 23.9. The number of rotatable bonds is 3. The van der Waals surface area contributed by atoms with Crippen LogP contribution in [0.15, 0.2) is 148 Å². The Kier molecular flexibility index (Phi) is 4.93. The molecule has 5 heteroatoms. The third-order valence-corrected chi connectivity index (χ3v) is 8.82. The van der Waals surface area contributed by atoms with Crippen molar-refractivity contribution in [3.8, 4) is 28.3 Å². The van der Waals surface area contributed by atoms with Crippen molar-refractivity contribution in [1.82, 2.24) is 14.5 Å². The molecular weight excluding hydrogens is 554 g/mol. The van der Waals surface area contributed by atoms with E-state index in [1.54, 1.807) is 0 Å². The van der Waals surface area contributed by atoms with Gasteiger partial charge in [-0.1, -0.05) is 97.1 Å². The van der Waals surface area contributed by atoms with E-state index in [4.69, 9.17) is 18.8 Å². The van der Waals surface area contributed by atoms with E-state index in [2.05, 4.69) is 83.4 Å². The molecule has 0 bridgehead atoms. The summed E-state index contributed by atoms with van der Waals surface area (Å²) in [7, 11) is 0. The first-order valence-corrected chi connectivity index (χ1v) is 15.0. The molecule has 45 heavy (non-hydrogen) atoms. The SMILES string of the molecule is c1ccc(-c2nc(-c3ccccc3-n3c4ccccc4c4cc5c(cc43)oc3ccccc35)c3oc4ccccc4c3n2)cc1. The van der Waals surface area contributed by atoms with Crippen LogP contribution in [-0.4, -0.2) is 14.5 Å². The maximum atomic E-state index is 6.52. The summed E-state index contributed by atoms with van der Waals surface area (Å²) in [4.78, 5) is 10.3. The Morgan fingerprint density at radius 3 is 2.02 bits per heavy atom. The fourth-order valence-electron chi connectivity index (χ4n) is 6.81. The number of nitrogens with zero attached hydrogens (tertiary/aromatic N) is 3. The summed E-state index contributed by atoms with van der Waals surface area (Å²) in [5, 5.41) is 5.54. The van der Waals surface area contributed by atoms with E-state index >= 15 is 0 Å². The Morgan fingerprint density at radius 2 is 1.16 bits per heavy atom. The van der Waals surface area contributed by atoms with Crippen LogP contribution >= 0.6 is 0 Å². The molecule has 10 rings (SSSR count). The van der Waals surface area contributed by atoms with Crippen molar-refractivity contribution in [2.24, 2.45) is 0 Å². The van der Waals surface area contributed by atoms with Gasteiger partial charge in [-0.3, -0.25) is 0 Å². The van der Waals surface area contributed by atoms with Crippen LogP contribution < -0.4 is 0 Å². The quantitative estimate of drug-likeness (QED) is 0.210. The molecule has 0 N–H and O–H groups in total. The molecule has 0 unspecified atom stereocenters. The van der Waals surface area contributed by atoms with Crippen LogP contribution in [-0.2, 0) is 0 Å². The Balaban J connectivity index is 1.32. The average molecular weight is 578 g/mol. The fraction of sp³-hybridized carbons (Fsp3) is 0. The van der Waals surface area contributed by atoms with Crippen LogP contribution in [0, 0.1) is 0 Å². The van der Waals surface area contributed by atoms with E-state index in [-0.39, 0.29) is 0 Å². The van der Waals surface area contributed by atoms with Crippen molar-refractivity contribution in [3.63, 3.8) is 0 Å². The third kappa shape index (κ3) is 3.49. The van der Waals surface area contributed by atoms with Gasteiger partial charge < -0.3 is 13.4 Å². The molecule has 5 nitrogen and oxygen atoms in total. The predicted molar refractivity (Wildman–Crippen MR) is 182 cm³/mol. The second-order valence-electron chi connectivity index (χ2n) is 11.4. The van der Waals surface area contributed by atoms with Crippen LogP contribution in [0.3, 0.4) is 0 Å². The number of benzene rings is 6. The second-order valence-corrected chi connectivity index (χ2v) is 11.4. The standard InChI is InChI=1S/C40H23N3O2/c1-2-12-24(13-3-1)40-41-37(39-38(42-40)28-17-7-11-21-35(28)45-39)27-16-5-9-19-32(27)43-31-18-8-4-14-25(31)29-22-30-26-15-6-10-20-34(26)44-36(30)23-33(29)43/h1-23H. The molecule has 0 saturated heterocycles. The summed E-state index contributed by atoms with van der Waals surface area (Å²) in [5.74, 6) is 0.658. The van der Waals surface area contributed by atoms with Gasteiger partial charge in [0.05, 0.1) is 16.7 Å². The Hall–Kier alpha value is -6.20. The van der Waals surface area contributed by atoms with Crippen molar-refractivity contribution < 1.29 is 8.83 Å². The average Bonchev–Trinajstić information content (AvgIpc) is 3.76. The number of hydrogen-bond acceptors (Lipinski definition) is 4. The van der Waals surface area contributed by atoms with E-state index in [0.29, 0.717) is 11.4 Å². The van der Waals surface area contributed by atoms with Crippen LogP contribution in [0.1, 0.15) is 0 Å². The van der Waals surface area contributed by atoms with Crippen molar-refractivity contribution in [3.05, 3.63) is 140 Å². The molecule has 0 aliphatic carbocycles. The zero-order valence-electron chi connectivity index (χ0n) is 23.9. The summed E-state index contributed by atoms with van der Waals surface area (Å²) >= 11 is 0. The van der Waals surface area contributed by atoms with Crippen LogP contribution in [0.2, 0.25) is 0 Å². The normalized spacial score (nSPS) is 12.0. The number of hydrogen-bond donors (Lipinski definition) is 0. The molecule has 0 saturated carbocycles. The van der Waals surface area contributed by atoms with Gasteiger partial charge in [0.25, 0.3) is 0 Å². The van der Waals surface area contributed by atoms with Gasteiger partial charge in [-0.05, 0) is 36.4 Å². The maximum Gasteiger partial charge on any atom is 0.180 e. The van der Waals surface area contributed by atoms with E-state index in [1.165, 1.54) is 10.8 Å². The topological polar surface area (TPSA) is 57.0 Å². The highest BCUT2D eigenvalue weighted by Gasteiger charge is 2.23. The molecule has 0 radical (unpaired) electrons. The minimum absolute atomic E-state index is 0.658. The van der Waals surface area contributed by atoms with Crippen LogP contribution in [0.5, 0.6) is 0 Å². The highest BCUT2D eigenvalue weighted by Crippen LogP contribution is 2.42. The third-order valence-electron chi connectivity index (χ3n) is 8.82. The number of aromatic nitrogens is 3. The van der Waals surface area contributed by atoms with Gasteiger partial charge in [0.15, 0.2) is 11.4 Å². The molecule has 4 aromatic heterocycles. The van der Waals surface area contributed by atoms with Crippen LogP contribution in [0.4, 0.5) is 0 Å². The molecule has 0 aliphatic rings. The summed E-state index contributed by atoms with van der Waals surface area (Å²) < 4.78 is 15.2. The molecule has 210 valence electrons. The van der Waals surface area contributed by atoms with Crippen molar-refractivity contribution in [2.75, 3.05) is 0 Å². The summed E-state index contributed by atoms with van der Waals surface area (Å²) in [5.41, 5.74) is 9.83. The van der Waals surface area contributed by atoms with Gasteiger partial charge in [0.1, 0.15) is 28.0 Å². The first kappa shape index (κ1) is 24.3. The number of furan rings is 2. The fourth-order valence-corrected chi connectivity index (χ4v) is 6.81. The molecule has 0 aliphatic heterocycles. The van der Waals surface area contributed by atoms with Gasteiger partial charge in [-0.2, -0.15) is 0 Å². The minimum Gasteiger partial charge on any atom is -0.456 e. The lowest BCUT2D eigenvalue weighted by molar-refractivity contribution is 0.667. The van der Waals surface area contributed by atoms with Crippen molar-refractivity contribution in [1.29, 1.82) is 0 Å². The van der Waals surface area contributed by atoms with E-state index in [9.17, 15) is 0 Å². The molecular formula is C40H23N3O2. The van der Waals surface area contributed by atoms with E-state index < -0.39 is 0 Å². The number of fused-ring (bicyclic) bond motifs is 9. The molecule has 0 amide bonds. The van der Waals surface area contributed by atoms with Gasteiger partial charge >= 0.3 is 0 Å². The highest BCUT2D eigenvalue weighted by atomic mass is 16.3. The van der Waals surface area contributed by atoms with Gasteiger partial charge in [0, 0.05) is 44.1 Å². The number of para-hydroxylation sites is 4. The van der Waals surface area contributed by atoms with Crippen LogP contribution in [0.25, 0.3) is 94.1 Å². The van der Waals surface area contributed by atoms with Gasteiger partial charge in [0.2, 0.25) is 0 Å².